The molecule has 5 aromatic rings. The van der Waals surface area contributed by atoms with Crippen LogP contribution in [-0.4, -0.2) is 33.9 Å². The van der Waals surface area contributed by atoms with Crippen molar-refractivity contribution in [1.82, 2.24) is 8.75 Å². The quantitative estimate of drug-likeness (QED) is 0.116. The molecule has 0 saturated carbocycles. The molecule has 0 radical (unpaired) electrons. The topological polar surface area (TPSA) is 78.4 Å². The number of hydrogen-bond donors (Lipinski definition) is 0. The van der Waals surface area contributed by atoms with E-state index in [0.29, 0.717) is 22.5 Å². The number of carbonyl (C=O) groups excluding carboxylic acids is 2. The number of hydrogen-bond acceptors (Lipinski definition) is 8. The lowest BCUT2D eigenvalue weighted by Crippen LogP contribution is -2.07. The summed E-state index contributed by atoms with van der Waals surface area (Å²) in [5.41, 5.74) is 5.51. The molecular formula is C30H22I2N2O4S2. The standard InChI is InChI=1S/C30H22I2N2O4S2/c1-3-37-29(35)23-25(19-7-5-9-21(31)15-19)33-39-27(23)17-11-13-18(14-12-17)28-24(30(36)38-4-2)26(34-40-28)20-8-6-10-22(32)16-20/h5-16H,3-4H2,1-2H3. The van der Waals surface area contributed by atoms with Crippen LogP contribution in [-0.2, 0) is 9.47 Å². The van der Waals surface area contributed by atoms with Crippen molar-refractivity contribution in [3.63, 3.8) is 0 Å². The van der Waals surface area contributed by atoms with Crippen molar-refractivity contribution in [3.05, 3.63) is 91.1 Å². The van der Waals surface area contributed by atoms with Gasteiger partial charge in [-0.2, -0.15) is 8.75 Å². The van der Waals surface area contributed by atoms with E-state index in [1.165, 1.54) is 23.1 Å². The Bertz CT molecular complexity index is 1570. The van der Waals surface area contributed by atoms with Crippen molar-refractivity contribution >= 4 is 80.2 Å². The smallest absolute Gasteiger partial charge is 0.341 e. The Hall–Kier alpha value is -2.68. The number of esters is 2. The van der Waals surface area contributed by atoms with Gasteiger partial charge in [-0.25, -0.2) is 9.59 Å². The monoisotopic (exact) mass is 792 g/mol. The zero-order valence-corrected chi connectivity index (χ0v) is 27.4. The van der Waals surface area contributed by atoms with Gasteiger partial charge in [0.05, 0.1) is 34.4 Å². The normalized spacial score (nSPS) is 10.9. The maximum atomic E-state index is 13.1. The van der Waals surface area contributed by atoms with Gasteiger partial charge in [-0.3, -0.25) is 0 Å². The number of benzene rings is 3. The first-order valence-corrected chi connectivity index (χ1v) is 16.1. The van der Waals surface area contributed by atoms with E-state index in [4.69, 9.17) is 9.47 Å². The number of nitrogens with zero attached hydrogens (tertiary/aromatic N) is 2. The van der Waals surface area contributed by atoms with Gasteiger partial charge < -0.3 is 9.47 Å². The van der Waals surface area contributed by atoms with Gasteiger partial charge in [-0.05, 0) is 117 Å². The Kier molecular flexibility index (Phi) is 9.28. The third-order valence-corrected chi connectivity index (χ3v) is 9.08. The summed E-state index contributed by atoms with van der Waals surface area (Å²) < 4.78 is 22.3. The highest BCUT2D eigenvalue weighted by atomic mass is 127. The van der Waals surface area contributed by atoms with E-state index in [1.807, 2.05) is 72.8 Å². The highest BCUT2D eigenvalue weighted by Gasteiger charge is 2.26. The second kappa shape index (κ2) is 12.9. The van der Waals surface area contributed by atoms with Crippen LogP contribution in [0.4, 0.5) is 0 Å². The molecule has 0 fully saturated rings. The molecule has 2 aromatic heterocycles. The van der Waals surface area contributed by atoms with Crippen molar-refractivity contribution < 1.29 is 19.1 Å². The molecule has 0 atom stereocenters. The maximum Gasteiger partial charge on any atom is 0.341 e. The second-order valence-electron chi connectivity index (χ2n) is 8.51. The van der Waals surface area contributed by atoms with Crippen molar-refractivity contribution in [3.8, 4) is 43.4 Å². The predicted molar refractivity (Wildman–Crippen MR) is 177 cm³/mol. The van der Waals surface area contributed by atoms with E-state index in [-0.39, 0.29) is 13.2 Å². The minimum atomic E-state index is -0.404. The SMILES string of the molecule is CCOC(=O)c1c(-c2cccc(I)c2)nsc1-c1ccc(-c2snc(-c3cccc(I)c3)c2C(=O)OCC)cc1. The summed E-state index contributed by atoms with van der Waals surface area (Å²) in [7, 11) is 0. The van der Waals surface area contributed by atoms with Gasteiger partial charge in [-0.1, -0.05) is 48.5 Å². The molecule has 0 aliphatic carbocycles. The summed E-state index contributed by atoms with van der Waals surface area (Å²) in [4.78, 5) is 27.6. The molecule has 0 N–H and O–H groups in total. The highest BCUT2D eigenvalue weighted by Crippen LogP contribution is 2.40. The van der Waals surface area contributed by atoms with Crippen molar-refractivity contribution in [2.75, 3.05) is 13.2 Å². The molecule has 6 nitrogen and oxygen atoms in total. The number of carbonyl (C=O) groups is 2. The minimum Gasteiger partial charge on any atom is -0.462 e. The van der Waals surface area contributed by atoms with Crippen molar-refractivity contribution in [1.29, 1.82) is 0 Å². The first kappa shape index (κ1) is 28.8. The Morgan fingerprint density at radius 2 is 1.05 bits per heavy atom. The molecule has 0 unspecified atom stereocenters. The summed E-state index contributed by atoms with van der Waals surface area (Å²) in [5, 5.41) is 0. The molecule has 0 bridgehead atoms. The van der Waals surface area contributed by atoms with Gasteiger partial charge in [0.1, 0.15) is 11.1 Å². The lowest BCUT2D eigenvalue weighted by Gasteiger charge is -2.08. The molecule has 0 aliphatic heterocycles. The van der Waals surface area contributed by atoms with Crippen LogP contribution in [0.25, 0.3) is 43.4 Å². The van der Waals surface area contributed by atoms with Crippen LogP contribution in [0.1, 0.15) is 34.6 Å². The van der Waals surface area contributed by atoms with Crippen LogP contribution in [0.2, 0.25) is 0 Å². The first-order valence-electron chi connectivity index (χ1n) is 12.4. The number of ether oxygens (including phenoxy) is 2. The fourth-order valence-electron chi connectivity index (χ4n) is 4.20. The van der Waals surface area contributed by atoms with Crippen LogP contribution in [0, 0.1) is 7.14 Å². The average molecular weight is 792 g/mol. The third-order valence-electron chi connectivity index (χ3n) is 5.95. The maximum absolute atomic E-state index is 13.1. The van der Waals surface area contributed by atoms with Crippen molar-refractivity contribution in [2.45, 2.75) is 13.8 Å². The van der Waals surface area contributed by atoms with E-state index < -0.39 is 11.9 Å². The van der Waals surface area contributed by atoms with Gasteiger partial charge in [0.15, 0.2) is 0 Å². The molecule has 40 heavy (non-hydrogen) atoms. The summed E-state index contributed by atoms with van der Waals surface area (Å²) in [6, 6.07) is 23.5. The number of aromatic nitrogens is 2. The highest BCUT2D eigenvalue weighted by molar-refractivity contribution is 14.1. The van der Waals surface area contributed by atoms with Crippen LogP contribution in [0.5, 0.6) is 0 Å². The van der Waals surface area contributed by atoms with Gasteiger partial charge in [0.25, 0.3) is 0 Å². The zero-order chi connectivity index (χ0) is 28.2. The molecule has 0 saturated heterocycles. The Morgan fingerprint density at radius 1 is 0.650 bits per heavy atom. The molecular weight excluding hydrogens is 770 g/mol. The average Bonchev–Trinajstić information content (AvgIpc) is 3.59. The fourth-order valence-corrected chi connectivity index (χ4v) is 7.07. The lowest BCUT2D eigenvalue weighted by molar-refractivity contribution is 0.0518. The molecule has 202 valence electrons. The molecule has 2 heterocycles. The minimum absolute atomic E-state index is 0.267. The number of rotatable bonds is 8. The van der Waals surface area contributed by atoms with E-state index in [2.05, 4.69) is 53.9 Å². The molecule has 10 heteroatoms. The molecule has 0 spiro atoms. The van der Waals surface area contributed by atoms with E-state index >= 15 is 0 Å². The molecule has 5 rings (SSSR count). The van der Waals surface area contributed by atoms with Gasteiger partial charge in [0.2, 0.25) is 0 Å². The lowest BCUT2D eigenvalue weighted by atomic mass is 10.00. The molecule has 3 aromatic carbocycles. The second-order valence-corrected chi connectivity index (χ2v) is 12.5. The Balaban J connectivity index is 1.57. The van der Waals surface area contributed by atoms with E-state index in [1.54, 1.807) is 13.8 Å². The van der Waals surface area contributed by atoms with Crippen LogP contribution >= 0.6 is 68.2 Å². The van der Waals surface area contributed by atoms with Gasteiger partial charge in [0, 0.05) is 18.3 Å². The zero-order valence-electron chi connectivity index (χ0n) is 21.4. The predicted octanol–water partition coefficient (Wildman–Crippen LogP) is 8.83. The number of halogens is 2. The largest absolute Gasteiger partial charge is 0.462 e. The summed E-state index contributed by atoms with van der Waals surface area (Å²) >= 11 is 7.02. The van der Waals surface area contributed by atoms with Gasteiger partial charge in [-0.15, -0.1) is 0 Å². The summed E-state index contributed by atoms with van der Waals surface area (Å²) in [6.07, 6.45) is 0. The fraction of sp³-hybridized carbons (Fsp3) is 0.133. The Morgan fingerprint density at radius 3 is 1.40 bits per heavy atom. The third kappa shape index (κ3) is 5.99. The summed E-state index contributed by atoms with van der Waals surface area (Å²) in [5.74, 6) is -0.809. The van der Waals surface area contributed by atoms with Crippen LogP contribution < -0.4 is 0 Å². The van der Waals surface area contributed by atoms with E-state index in [0.717, 1.165) is 39.1 Å². The molecule has 0 amide bonds. The van der Waals surface area contributed by atoms with Crippen molar-refractivity contribution in [2.24, 2.45) is 0 Å². The molecule has 0 aliphatic rings. The van der Waals surface area contributed by atoms with Crippen LogP contribution in [0.15, 0.2) is 72.8 Å². The Labute approximate surface area is 267 Å². The summed E-state index contributed by atoms with van der Waals surface area (Å²) in [6.45, 7) is 4.11. The van der Waals surface area contributed by atoms with Crippen LogP contribution in [0.3, 0.4) is 0 Å². The van der Waals surface area contributed by atoms with Gasteiger partial charge >= 0.3 is 11.9 Å². The van der Waals surface area contributed by atoms with E-state index in [9.17, 15) is 9.59 Å². The first-order chi connectivity index (χ1) is 19.4.